The van der Waals surface area contributed by atoms with Crippen LogP contribution >= 0.6 is 0 Å². The lowest BCUT2D eigenvalue weighted by Gasteiger charge is -2.35. The molecule has 1 aliphatic carbocycles. The Morgan fingerprint density at radius 3 is 2.83 bits per heavy atom. The van der Waals surface area contributed by atoms with Crippen molar-refractivity contribution in [3.63, 3.8) is 0 Å². The lowest BCUT2D eigenvalue weighted by atomic mass is 9.80. The maximum absolute atomic E-state index is 11.6. The van der Waals surface area contributed by atoms with Crippen molar-refractivity contribution >= 4 is 23.0 Å². The summed E-state index contributed by atoms with van der Waals surface area (Å²) < 4.78 is 25.3. The maximum atomic E-state index is 11.6. The molecule has 3 N–H and O–H groups in total. The molecule has 2 aliphatic heterocycles. The Balaban J connectivity index is 1.32. The minimum absolute atomic E-state index is 0.0232. The van der Waals surface area contributed by atoms with Crippen LogP contribution in [0.4, 0.5) is 5.82 Å². The van der Waals surface area contributed by atoms with Crippen LogP contribution in [0.2, 0.25) is 0 Å². The number of nitrogens with zero attached hydrogens (tertiary/aromatic N) is 4. The summed E-state index contributed by atoms with van der Waals surface area (Å²) in [4.78, 5) is 24.2. The van der Waals surface area contributed by atoms with Gasteiger partial charge in [-0.3, -0.25) is 9.36 Å². The molecule has 3 aliphatic rings. The number of carbonyl (C=O) groups is 1. The first-order valence-electron chi connectivity index (χ1n) is 10.1. The normalized spacial score (nSPS) is 34.6. The molecule has 1 saturated carbocycles. The summed E-state index contributed by atoms with van der Waals surface area (Å²) in [5, 5.41) is 3.48. The number of ether oxygens (including phenoxy) is 4. The van der Waals surface area contributed by atoms with Crippen molar-refractivity contribution in [2.75, 3.05) is 19.4 Å². The summed E-state index contributed by atoms with van der Waals surface area (Å²) in [5.41, 5.74) is 7.04. The third-order valence-corrected chi connectivity index (χ3v) is 6.07. The number of hydrogen-bond donors (Lipinski definition) is 2. The van der Waals surface area contributed by atoms with Gasteiger partial charge in [-0.2, -0.15) is 0 Å². The number of imidazole rings is 1. The van der Waals surface area contributed by atoms with Gasteiger partial charge in [-0.1, -0.05) is 0 Å². The number of fused-ring (bicyclic) bond motifs is 2. The monoisotopic (exact) mass is 418 g/mol. The molecule has 2 aromatic rings. The van der Waals surface area contributed by atoms with Gasteiger partial charge in [0.1, 0.15) is 30.2 Å². The van der Waals surface area contributed by atoms with Gasteiger partial charge < -0.3 is 30.0 Å². The van der Waals surface area contributed by atoms with Crippen LogP contribution < -0.4 is 11.1 Å². The molecule has 0 spiro atoms. The highest BCUT2D eigenvalue weighted by molar-refractivity contribution is 5.81. The molecule has 1 unspecified atom stereocenters. The third-order valence-electron chi connectivity index (χ3n) is 6.07. The van der Waals surface area contributed by atoms with Crippen molar-refractivity contribution < 1.29 is 23.7 Å². The number of aromatic nitrogens is 4. The molecular weight excluding hydrogens is 392 g/mol. The first-order valence-corrected chi connectivity index (χ1v) is 10.1. The van der Waals surface area contributed by atoms with E-state index in [1.165, 1.54) is 13.4 Å². The Bertz CT molecular complexity index is 958. The highest BCUT2D eigenvalue weighted by Crippen LogP contribution is 2.44. The maximum Gasteiger partial charge on any atom is 0.308 e. The number of nitrogens with one attached hydrogen (secondary N) is 1. The van der Waals surface area contributed by atoms with Gasteiger partial charge in [0.2, 0.25) is 0 Å². The van der Waals surface area contributed by atoms with E-state index in [9.17, 15) is 4.79 Å². The van der Waals surface area contributed by atoms with E-state index in [0.717, 1.165) is 12.8 Å². The van der Waals surface area contributed by atoms with Crippen molar-refractivity contribution in [2.24, 2.45) is 5.92 Å². The summed E-state index contributed by atoms with van der Waals surface area (Å²) in [6.07, 6.45) is 3.35. The number of anilines is 1. The highest BCUT2D eigenvalue weighted by atomic mass is 16.8. The Morgan fingerprint density at radius 2 is 2.07 bits per heavy atom. The van der Waals surface area contributed by atoms with E-state index in [-0.39, 0.29) is 36.2 Å². The van der Waals surface area contributed by atoms with Gasteiger partial charge in [0.25, 0.3) is 0 Å². The van der Waals surface area contributed by atoms with E-state index in [0.29, 0.717) is 23.5 Å². The molecule has 30 heavy (non-hydrogen) atoms. The zero-order chi connectivity index (χ0) is 21.0. The molecule has 0 amide bonds. The van der Waals surface area contributed by atoms with Crippen molar-refractivity contribution in [1.82, 2.24) is 24.8 Å². The smallest absolute Gasteiger partial charge is 0.308 e. The van der Waals surface area contributed by atoms with Gasteiger partial charge in [-0.15, -0.1) is 0 Å². The van der Waals surface area contributed by atoms with Crippen LogP contribution in [0.5, 0.6) is 0 Å². The molecule has 11 heteroatoms. The summed E-state index contributed by atoms with van der Waals surface area (Å²) in [6, 6.07) is 0.257. The van der Waals surface area contributed by atoms with E-state index >= 15 is 0 Å². The zero-order valence-corrected chi connectivity index (χ0v) is 17.1. The van der Waals surface area contributed by atoms with E-state index in [1.807, 2.05) is 18.4 Å². The number of hydrogen-bond acceptors (Lipinski definition) is 10. The second-order valence-electron chi connectivity index (χ2n) is 8.51. The van der Waals surface area contributed by atoms with E-state index in [1.54, 1.807) is 6.33 Å². The van der Waals surface area contributed by atoms with Crippen molar-refractivity contribution in [3.05, 3.63) is 12.7 Å². The SMILES string of the molecule is COC(=O)C1CC(NC[C@H]2OC(n3cnc4c(N)ncnc43)[C@@H]3OC(C)(C)O[C@H]23)C1. The van der Waals surface area contributed by atoms with Crippen LogP contribution in [0.3, 0.4) is 0 Å². The fourth-order valence-electron chi connectivity index (χ4n) is 4.53. The Morgan fingerprint density at radius 1 is 1.30 bits per heavy atom. The van der Waals surface area contributed by atoms with Gasteiger partial charge in [0.05, 0.1) is 19.4 Å². The number of carbonyl (C=O) groups excluding carboxylic acids is 1. The topological polar surface area (TPSA) is 136 Å². The molecule has 0 bridgehead atoms. The second kappa shape index (κ2) is 7.12. The molecule has 3 fully saturated rings. The standard InChI is InChI=1S/C19H26N6O5/c1-19(2)29-13-11(6-21-10-4-9(5-10)18(26)27-3)28-17(14(13)30-19)25-8-24-12-15(20)22-7-23-16(12)25/h7-11,13-14,17,21H,4-6H2,1-3H3,(H2,20,22,23)/t9?,10?,11-,13-,14-,17?/m1/s1. The quantitative estimate of drug-likeness (QED) is 0.655. The predicted molar refractivity (Wildman–Crippen MR) is 104 cm³/mol. The van der Waals surface area contributed by atoms with Gasteiger partial charge in [-0.25, -0.2) is 15.0 Å². The van der Waals surface area contributed by atoms with Gasteiger partial charge >= 0.3 is 5.97 Å². The first kappa shape index (κ1) is 19.6. The molecule has 11 nitrogen and oxygen atoms in total. The number of nitrogen functional groups attached to an aromatic ring is 1. The van der Waals surface area contributed by atoms with Crippen LogP contribution in [0.1, 0.15) is 32.9 Å². The molecule has 0 radical (unpaired) electrons. The van der Waals surface area contributed by atoms with E-state index in [4.69, 9.17) is 24.7 Å². The van der Waals surface area contributed by atoms with Gasteiger partial charge in [-0.05, 0) is 26.7 Å². The molecule has 0 aromatic carbocycles. The number of esters is 1. The zero-order valence-electron chi connectivity index (χ0n) is 17.1. The van der Waals surface area contributed by atoms with Crippen LogP contribution in [0.25, 0.3) is 11.2 Å². The van der Waals surface area contributed by atoms with Crippen molar-refractivity contribution in [2.45, 2.75) is 63.1 Å². The van der Waals surface area contributed by atoms with Gasteiger partial charge in [0, 0.05) is 12.6 Å². The minimum atomic E-state index is -0.716. The second-order valence-corrected chi connectivity index (χ2v) is 8.51. The molecular formula is C19H26N6O5. The molecule has 2 aromatic heterocycles. The number of methoxy groups -OCH3 is 1. The van der Waals surface area contributed by atoms with Crippen LogP contribution in [0, 0.1) is 5.92 Å². The fourth-order valence-corrected chi connectivity index (χ4v) is 4.53. The largest absolute Gasteiger partial charge is 0.469 e. The van der Waals surface area contributed by atoms with E-state index in [2.05, 4.69) is 20.3 Å². The average molecular weight is 418 g/mol. The molecule has 162 valence electrons. The third kappa shape index (κ3) is 3.22. The predicted octanol–water partition coefficient (Wildman–Crippen LogP) is 0.367. The summed E-state index contributed by atoms with van der Waals surface area (Å²) >= 11 is 0. The Labute approximate surface area is 173 Å². The molecule has 5 rings (SSSR count). The molecule has 2 saturated heterocycles. The summed E-state index contributed by atoms with van der Waals surface area (Å²) in [7, 11) is 1.42. The van der Waals surface area contributed by atoms with Crippen LogP contribution in [-0.4, -0.2) is 69.3 Å². The first-order chi connectivity index (χ1) is 14.4. The number of nitrogens with two attached hydrogens (primary N) is 1. The van der Waals surface area contributed by atoms with Crippen molar-refractivity contribution in [1.29, 1.82) is 0 Å². The minimum Gasteiger partial charge on any atom is -0.469 e. The Hall–Kier alpha value is -2.34. The van der Waals surface area contributed by atoms with Crippen LogP contribution in [-0.2, 0) is 23.7 Å². The lowest BCUT2D eigenvalue weighted by molar-refractivity contribution is -0.196. The highest BCUT2D eigenvalue weighted by Gasteiger charge is 2.56. The van der Waals surface area contributed by atoms with Gasteiger partial charge in [0.15, 0.2) is 23.5 Å². The fraction of sp³-hybridized carbons (Fsp3) is 0.684. The summed E-state index contributed by atoms with van der Waals surface area (Å²) in [5.74, 6) is -0.565. The number of rotatable bonds is 5. The molecule has 4 atom stereocenters. The lowest BCUT2D eigenvalue weighted by Crippen LogP contribution is -2.48. The summed E-state index contributed by atoms with van der Waals surface area (Å²) in [6.45, 7) is 4.37. The average Bonchev–Trinajstić information content (AvgIpc) is 3.32. The van der Waals surface area contributed by atoms with E-state index < -0.39 is 12.0 Å². The van der Waals surface area contributed by atoms with Crippen molar-refractivity contribution in [3.8, 4) is 0 Å². The van der Waals surface area contributed by atoms with Crippen LogP contribution in [0.15, 0.2) is 12.7 Å². The molecule has 4 heterocycles. The Kier molecular flexibility index (Phi) is 4.65.